The average Bonchev–Trinajstić information content (AvgIpc) is 2.48. The van der Waals surface area contributed by atoms with Crippen molar-refractivity contribution in [2.75, 3.05) is 0 Å². The molecule has 0 aliphatic rings. The molecule has 0 aliphatic heterocycles. The number of pyridine rings is 3. The van der Waals surface area contributed by atoms with Crippen LogP contribution in [0.1, 0.15) is 0 Å². The minimum atomic E-state index is 1.12. The number of hydrogen-bond donors (Lipinski definition) is 0. The number of hydrogen-bond acceptors (Lipinski definition) is 1. The van der Waals surface area contributed by atoms with Crippen molar-refractivity contribution in [3.8, 4) is 22.5 Å². The largest absolute Gasteiger partial charge is 0.263 e. The molecule has 3 rings (SSSR count). The molecule has 0 saturated heterocycles. The van der Waals surface area contributed by atoms with Crippen LogP contribution in [-0.2, 0) is 14.1 Å². The maximum Gasteiger partial charge on any atom is 0.213 e. The first-order valence-electron chi connectivity index (χ1n) is 6.61. The second-order valence-electron chi connectivity index (χ2n) is 4.86. The Morgan fingerprint density at radius 3 is 1.70 bits per heavy atom. The Morgan fingerprint density at radius 2 is 1.25 bits per heavy atom. The first kappa shape index (κ1) is 12.5. The summed E-state index contributed by atoms with van der Waals surface area (Å²) >= 11 is 0. The van der Waals surface area contributed by atoms with Crippen molar-refractivity contribution >= 4 is 0 Å². The van der Waals surface area contributed by atoms with E-state index in [2.05, 4.69) is 32.3 Å². The van der Waals surface area contributed by atoms with Gasteiger partial charge in [-0.2, -0.15) is 0 Å². The van der Waals surface area contributed by atoms with Crippen molar-refractivity contribution in [3.05, 3.63) is 67.3 Å². The Labute approximate surface area is 118 Å². The number of rotatable bonds is 2. The van der Waals surface area contributed by atoms with Gasteiger partial charge >= 0.3 is 0 Å². The van der Waals surface area contributed by atoms with E-state index in [1.54, 1.807) is 0 Å². The zero-order chi connectivity index (χ0) is 13.9. The molecule has 0 aliphatic carbocycles. The van der Waals surface area contributed by atoms with Crippen LogP contribution in [0.3, 0.4) is 0 Å². The standard InChI is InChI=1S/C17H17N3/c1-19-9-5-3-7-16(19)14-11-15(13-18-12-14)17-8-4-6-10-20(17)2/h3-13H,1-2H3/q+2. The summed E-state index contributed by atoms with van der Waals surface area (Å²) in [5.41, 5.74) is 4.55. The zero-order valence-electron chi connectivity index (χ0n) is 11.7. The molecule has 3 heteroatoms. The highest BCUT2D eigenvalue weighted by Gasteiger charge is 2.13. The van der Waals surface area contributed by atoms with Crippen molar-refractivity contribution in [2.24, 2.45) is 14.1 Å². The summed E-state index contributed by atoms with van der Waals surface area (Å²) in [6, 6.07) is 14.5. The number of nitrogens with zero attached hydrogens (tertiary/aromatic N) is 3. The Bertz CT molecular complexity index is 690. The summed E-state index contributed by atoms with van der Waals surface area (Å²) in [4.78, 5) is 4.39. The molecule has 0 aromatic carbocycles. The van der Waals surface area contributed by atoms with Gasteiger partial charge in [0.2, 0.25) is 11.4 Å². The van der Waals surface area contributed by atoms with Crippen molar-refractivity contribution in [3.63, 3.8) is 0 Å². The third-order valence-electron chi connectivity index (χ3n) is 3.44. The van der Waals surface area contributed by atoms with Gasteiger partial charge in [-0.15, -0.1) is 0 Å². The monoisotopic (exact) mass is 263 g/mol. The molecule has 0 amide bonds. The third kappa shape index (κ3) is 2.30. The molecule has 0 unspecified atom stereocenters. The lowest BCUT2D eigenvalue weighted by atomic mass is 10.1. The van der Waals surface area contributed by atoms with Crippen LogP contribution >= 0.6 is 0 Å². The van der Waals surface area contributed by atoms with E-state index in [-0.39, 0.29) is 0 Å². The van der Waals surface area contributed by atoms with Gasteiger partial charge in [0.15, 0.2) is 12.4 Å². The summed E-state index contributed by atoms with van der Waals surface area (Å²) in [7, 11) is 4.09. The molecule has 0 bridgehead atoms. The molecular formula is C17H17N3+2. The normalized spacial score (nSPS) is 10.5. The summed E-state index contributed by atoms with van der Waals surface area (Å²) in [5, 5.41) is 0. The Hall–Kier alpha value is -2.55. The van der Waals surface area contributed by atoms with Crippen molar-refractivity contribution < 1.29 is 9.13 Å². The Kier molecular flexibility index (Phi) is 3.25. The maximum absolute atomic E-state index is 4.39. The maximum atomic E-state index is 4.39. The van der Waals surface area contributed by atoms with Gasteiger partial charge in [-0.05, 0) is 18.2 Å². The minimum Gasteiger partial charge on any atom is -0.263 e. The van der Waals surface area contributed by atoms with Gasteiger partial charge in [0.1, 0.15) is 14.1 Å². The predicted octanol–water partition coefficient (Wildman–Crippen LogP) is 2.06. The molecule has 3 aromatic heterocycles. The zero-order valence-corrected chi connectivity index (χ0v) is 11.7. The molecule has 0 N–H and O–H groups in total. The lowest BCUT2D eigenvalue weighted by Gasteiger charge is -2.03. The SMILES string of the molecule is C[n+]1ccccc1-c1cncc(-c2cccc[n+]2C)c1. The first-order chi connectivity index (χ1) is 9.75. The first-order valence-corrected chi connectivity index (χ1v) is 6.61. The van der Waals surface area contributed by atoms with Crippen LogP contribution in [-0.4, -0.2) is 4.98 Å². The number of aryl methyl sites for hydroxylation is 2. The molecule has 0 spiro atoms. The quantitative estimate of drug-likeness (QED) is 0.648. The van der Waals surface area contributed by atoms with E-state index in [0.717, 1.165) is 22.5 Å². The molecule has 0 saturated carbocycles. The van der Waals surface area contributed by atoms with E-state index >= 15 is 0 Å². The van der Waals surface area contributed by atoms with Gasteiger partial charge in [-0.25, -0.2) is 9.13 Å². The van der Waals surface area contributed by atoms with Gasteiger partial charge in [0.25, 0.3) is 0 Å². The van der Waals surface area contributed by atoms with E-state index in [1.807, 2.05) is 63.1 Å². The highest BCUT2D eigenvalue weighted by Crippen LogP contribution is 2.20. The molecule has 3 heterocycles. The fraction of sp³-hybridized carbons (Fsp3) is 0.118. The third-order valence-corrected chi connectivity index (χ3v) is 3.44. The van der Waals surface area contributed by atoms with Crippen LogP contribution in [0.2, 0.25) is 0 Å². The second kappa shape index (κ2) is 5.21. The highest BCUT2D eigenvalue weighted by atomic mass is 14.9. The van der Waals surface area contributed by atoms with Crippen molar-refractivity contribution in [2.45, 2.75) is 0 Å². The van der Waals surface area contributed by atoms with E-state index in [4.69, 9.17) is 0 Å². The van der Waals surface area contributed by atoms with Gasteiger partial charge in [0.05, 0.1) is 11.1 Å². The summed E-state index contributed by atoms with van der Waals surface area (Å²) < 4.78 is 4.21. The fourth-order valence-corrected chi connectivity index (χ4v) is 2.37. The van der Waals surface area contributed by atoms with Crippen LogP contribution in [0.25, 0.3) is 22.5 Å². The Morgan fingerprint density at radius 1 is 0.750 bits per heavy atom. The average molecular weight is 263 g/mol. The fourth-order valence-electron chi connectivity index (χ4n) is 2.37. The van der Waals surface area contributed by atoms with Crippen LogP contribution in [0.15, 0.2) is 67.3 Å². The lowest BCUT2D eigenvalue weighted by molar-refractivity contribution is -0.660. The molecule has 0 fully saturated rings. The molecule has 0 atom stereocenters. The molecule has 20 heavy (non-hydrogen) atoms. The van der Waals surface area contributed by atoms with Crippen LogP contribution in [0.5, 0.6) is 0 Å². The van der Waals surface area contributed by atoms with E-state index in [9.17, 15) is 0 Å². The molecule has 98 valence electrons. The second-order valence-corrected chi connectivity index (χ2v) is 4.86. The van der Waals surface area contributed by atoms with Gasteiger partial charge in [-0.3, -0.25) is 4.98 Å². The Balaban J connectivity index is 2.12. The van der Waals surface area contributed by atoms with Gasteiger partial charge < -0.3 is 0 Å². The molecule has 3 nitrogen and oxygen atoms in total. The van der Waals surface area contributed by atoms with Crippen molar-refractivity contribution in [1.29, 1.82) is 0 Å². The van der Waals surface area contributed by atoms with Gasteiger partial charge in [0, 0.05) is 36.7 Å². The van der Waals surface area contributed by atoms with Crippen LogP contribution in [0.4, 0.5) is 0 Å². The van der Waals surface area contributed by atoms with E-state index in [1.165, 1.54) is 0 Å². The molecular weight excluding hydrogens is 246 g/mol. The van der Waals surface area contributed by atoms with Crippen LogP contribution < -0.4 is 9.13 Å². The minimum absolute atomic E-state index is 1.12. The lowest BCUT2D eigenvalue weighted by Crippen LogP contribution is -2.30. The van der Waals surface area contributed by atoms with E-state index < -0.39 is 0 Å². The number of aromatic nitrogens is 3. The topological polar surface area (TPSA) is 20.6 Å². The van der Waals surface area contributed by atoms with Crippen LogP contribution in [0, 0.1) is 0 Å². The summed E-state index contributed by atoms with van der Waals surface area (Å²) in [5.74, 6) is 0. The molecule has 3 aromatic rings. The predicted molar refractivity (Wildman–Crippen MR) is 77.5 cm³/mol. The summed E-state index contributed by atoms with van der Waals surface area (Å²) in [6.45, 7) is 0. The summed E-state index contributed by atoms with van der Waals surface area (Å²) in [6.07, 6.45) is 7.90. The van der Waals surface area contributed by atoms with Gasteiger partial charge in [-0.1, -0.05) is 0 Å². The smallest absolute Gasteiger partial charge is 0.213 e. The molecule has 0 radical (unpaired) electrons. The van der Waals surface area contributed by atoms with Crippen molar-refractivity contribution in [1.82, 2.24) is 4.98 Å². The van der Waals surface area contributed by atoms with E-state index in [0.29, 0.717) is 0 Å². The highest BCUT2D eigenvalue weighted by molar-refractivity contribution is 5.65.